The quantitative estimate of drug-likeness (QED) is 0.842. The Hall–Kier alpha value is -1.14. The van der Waals surface area contributed by atoms with Gasteiger partial charge in [0.1, 0.15) is 5.82 Å². The highest BCUT2D eigenvalue weighted by Gasteiger charge is 2.29. The fourth-order valence-corrected chi connectivity index (χ4v) is 4.70. The molecule has 1 aromatic carbocycles. The second-order valence-corrected chi connectivity index (χ2v) is 7.43. The summed E-state index contributed by atoms with van der Waals surface area (Å²) in [6.07, 6.45) is 2.71. The standard InChI is InChI=1S/C14H21FN2O2S/c1-8-4-5-11(6-8)17-20(18,19)14-9(2)7-12(15)13(16)10(14)3/h7-8,11,17H,4-6,16H2,1-3H3. The number of rotatable bonds is 3. The third-order valence-electron chi connectivity index (χ3n) is 3.99. The number of nitrogens with one attached hydrogen (secondary N) is 1. The van der Waals surface area contributed by atoms with Crippen LogP contribution in [0.2, 0.25) is 0 Å². The number of halogens is 1. The van der Waals surface area contributed by atoms with E-state index in [0.29, 0.717) is 11.5 Å². The van der Waals surface area contributed by atoms with E-state index in [0.717, 1.165) is 19.3 Å². The second-order valence-electron chi connectivity index (χ2n) is 5.78. The number of nitrogen functional groups attached to an aromatic ring is 1. The van der Waals surface area contributed by atoms with Gasteiger partial charge in [-0.15, -0.1) is 0 Å². The Labute approximate surface area is 119 Å². The molecule has 2 rings (SSSR count). The zero-order chi connectivity index (χ0) is 15.1. The largest absolute Gasteiger partial charge is 0.396 e. The fraction of sp³-hybridized carbons (Fsp3) is 0.571. The van der Waals surface area contributed by atoms with E-state index in [4.69, 9.17) is 5.73 Å². The van der Waals surface area contributed by atoms with Crippen LogP contribution in [0, 0.1) is 25.6 Å². The van der Waals surface area contributed by atoms with Gasteiger partial charge in [-0.3, -0.25) is 0 Å². The molecule has 0 aliphatic heterocycles. The Kier molecular flexibility index (Phi) is 4.07. The van der Waals surface area contributed by atoms with Gasteiger partial charge in [0.25, 0.3) is 0 Å². The van der Waals surface area contributed by atoms with Crippen LogP contribution in [-0.4, -0.2) is 14.5 Å². The van der Waals surface area contributed by atoms with Crippen LogP contribution in [0.15, 0.2) is 11.0 Å². The zero-order valence-electron chi connectivity index (χ0n) is 12.0. The molecular formula is C14H21FN2O2S. The van der Waals surface area contributed by atoms with E-state index in [9.17, 15) is 12.8 Å². The molecule has 112 valence electrons. The first-order valence-electron chi connectivity index (χ1n) is 6.80. The average Bonchev–Trinajstić information content (AvgIpc) is 2.70. The molecular weight excluding hydrogens is 279 g/mol. The van der Waals surface area contributed by atoms with E-state index < -0.39 is 15.8 Å². The van der Waals surface area contributed by atoms with Gasteiger partial charge in [0, 0.05) is 6.04 Å². The molecule has 0 heterocycles. The van der Waals surface area contributed by atoms with Crippen LogP contribution < -0.4 is 10.5 Å². The maximum absolute atomic E-state index is 13.5. The van der Waals surface area contributed by atoms with E-state index in [-0.39, 0.29) is 22.2 Å². The lowest BCUT2D eigenvalue weighted by molar-refractivity contribution is 0.537. The van der Waals surface area contributed by atoms with Crippen molar-refractivity contribution in [3.8, 4) is 0 Å². The first kappa shape index (κ1) is 15.3. The Bertz CT molecular complexity index is 629. The van der Waals surface area contributed by atoms with Crippen LogP contribution in [0.1, 0.15) is 37.3 Å². The van der Waals surface area contributed by atoms with Gasteiger partial charge < -0.3 is 5.73 Å². The SMILES string of the molecule is Cc1cc(F)c(N)c(C)c1S(=O)(=O)NC1CCC(C)C1. The highest BCUT2D eigenvalue weighted by atomic mass is 32.2. The summed E-state index contributed by atoms with van der Waals surface area (Å²) >= 11 is 0. The third-order valence-corrected chi connectivity index (χ3v) is 5.80. The fourth-order valence-electron chi connectivity index (χ4n) is 2.94. The van der Waals surface area contributed by atoms with Crippen molar-refractivity contribution in [2.24, 2.45) is 5.92 Å². The van der Waals surface area contributed by atoms with Gasteiger partial charge in [0.2, 0.25) is 10.0 Å². The summed E-state index contributed by atoms with van der Waals surface area (Å²) in [7, 11) is -3.66. The number of sulfonamides is 1. The predicted molar refractivity (Wildman–Crippen MR) is 77.4 cm³/mol. The molecule has 3 N–H and O–H groups in total. The molecule has 1 saturated carbocycles. The Balaban J connectivity index is 2.37. The molecule has 2 atom stereocenters. The van der Waals surface area contributed by atoms with E-state index in [2.05, 4.69) is 11.6 Å². The number of aryl methyl sites for hydroxylation is 1. The number of hydrogen-bond donors (Lipinski definition) is 2. The molecule has 2 unspecified atom stereocenters. The minimum Gasteiger partial charge on any atom is -0.396 e. The summed E-state index contributed by atoms with van der Waals surface area (Å²) in [6.45, 7) is 5.24. The van der Waals surface area contributed by atoms with E-state index in [1.54, 1.807) is 6.92 Å². The van der Waals surface area contributed by atoms with Gasteiger partial charge in [-0.25, -0.2) is 17.5 Å². The molecule has 1 aromatic rings. The molecule has 0 aromatic heterocycles. The summed E-state index contributed by atoms with van der Waals surface area (Å²) in [5.74, 6) is -0.0448. The van der Waals surface area contributed by atoms with Crippen molar-refractivity contribution in [2.45, 2.75) is 51.0 Å². The monoisotopic (exact) mass is 300 g/mol. The number of anilines is 1. The summed E-state index contributed by atoms with van der Waals surface area (Å²) < 4.78 is 41.3. The summed E-state index contributed by atoms with van der Waals surface area (Å²) in [5, 5.41) is 0. The first-order chi connectivity index (χ1) is 9.22. The van der Waals surface area contributed by atoms with Gasteiger partial charge in [-0.2, -0.15) is 0 Å². The number of nitrogens with two attached hydrogens (primary N) is 1. The highest BCUT2D eigenvalue weighted by molar-refractivity contribution is 7.89. The topological polar surface area (TPSA) is 72.2 Å². The van der Waals surface area contributed by atoms with Crippen molar-refractivity contribution in [1.29, 1.82) is 0 Å². The van der Waals surface area contributed by atoms with Crippen LogP contribution in [-0.2, 0) is 10.0 Å². The van der Waals surface area contributed by atoms with Crippen molar-refractivity contribution >= 4 is 15.7 Å². The van der Waals surface area contributed by atoms with Crippen molar-refractivity contribution in [1.82, 2.24) is 4.72 Å². The molecule has 0 saturated heterocycles. The molecule has 20 heavy (non-hydrogen) atoms. The molecule has 0 amide bonds. The Morgan fingerprint density at radius 1 is 1.35 bits per heavy atom. The first-order valence-corrected chi connectivity index (χ1v) is 8.28. The van der Waals surface area contributed by atoms with Gasteiger partial charge in [-0.05, 0) is 56.2 Å². The van der Waals surface area contributed by atoms with Crippen molar-refractivity contribution in [3.05, 3.63) is 23.0 Å². The lowest BCUT2D eigenvalue weighted by Crippen LogP contribution is -2.34. The lowest BCUT2D eigenvalue weighted by Gasteiger charge is -2.17. The Morgan fingerprint density at radius 3 is 2.55 bits per heavy atom. The molecule has 0 radical (unpaired) electrons. The maximum atomic E-state index is 13.5. The Morgan fingerprint density at radius 2 is 2.00 bits per heavy atom. The summed E-state index contributed by atoms with van der Waals surface area (Å²) in [6, 6.07) is 1.13. The summed E-state index contributed by atoms with van der Waals surface area (Å²) in [4.78, 5) is 0.107. The highest BCUT2D eigenvalue weighted by Crippen LogP contribution is 2.30. The molecule has 4 nitrogen and oxygen atoms in total. The van der Waals surface area contributed by atoms with Crippen molar-refractivity contribution < 1.29 is 12.8 Å². The average molecular weight is 300 g/mol. The van der Waals surface area contributed by atoms with E-state index in [1.807, 2.05) is 0 Å². The molecule has 0 spiro atoms. The van der Waals surface area contributed by atoms with Crippen molar-refractivity contribution in [3.63, 3.8) is 0 Å². The van der Waals surface area contributed by atoms with Gasteiger partial charge in [-0.1, -0.05) is 6.92 Å². The van der Waals surface area contributed by atoms with Crippen LogP contribution in [0.25, 0.3) is 0 Å². The van der Waals surface area contributed by atoms with Crippen LogP contribution >= 0.6 is 0 Å². The molecule has 0 bridgehead atoms. The minimum atomic E-state index is -3.66. The molecule has 1 aliphatic carbocycles. The molecule has 1 aliphatic rings. The van der Waals surface area contributed by atoms with Crippen LogP contribution in [0.4, 0.5) is 10.1 Å². The predicted octanol–water partition coefficient (Wildman–Crippen LogP) is 2.49. The van der Waals surface area contributed by atoms with Crippen LogP contribution in [0.3, 0.4) is 0 Å². The number of hydrogen-bond acceptors (Lipinski definition) is 3. The second kappa shape index (κ2) is 5.33. The number of benzene rings is 1. The molecule has 1 fully saturated rings. The minimum absolute atomic E-state index is 0.0416. The smallest absolute Gasteiger partial charge is 0.241 e. The van der Waals surface area contributed by atoms with E-state index >= 15 is 0 Å². The van der Waals surface area contributed by atoms with Gasteiger partial charge >= 0.3 is 0 Å². The van der Waals surface area contributed by atoms with Crippen molar-refractivity contribution in [2.75, 3.05) is 5.73 Å². The normalized spacial score (nSPS) is 23.2. The van der Waals surface area contributed by atoms with E-state index in [1.165, 1.54) is 13.0 Å². The maximum Gasteiger partial charge on any atom is 0.241 e. The third kappa shape index (κ3) is 2.81. The zero-order valence-corrected chi connectivity index (χ0v) is 12.8. The summed E-state index contributed by atoms with van der Waals surface area (Å²) in [5.41, 5.74) is 6.17. The van der Waals surface area contributed by atoms with Gasteiger partial charge in [0.15, 0.2) is 0 Å². The van der Waals surface area contributed by atoms with Gasteiger partial charge in [0.05, 0.1) is 10.6 Å². The lowest BCUT2D eigenvalue weighted by atomic mass is 10.1. The molecule has 6 heteroatoms. The van der Waals surface area contributed by atoms with Crippen LogP contribution in [0.5, 0.6) is 0 Å².